The van der Waals surface area contributed by atoms with Gasteiger partial charge in [-0.05, 0) is 53.8 Å². The lowest BCUT2D eigenvalue weighted by atomic mass is 9.98. The van der Waals surface area contributed by atoms with Gasteiger partial charge in [-0.15, -0.1) is 0 Å². The molecular formula is C21H23BrN2O3S. The average molecular weight is 463 g/mol. The van der Waals surface area contributed by atoms with Crippen molar-refractivity contribution in [2.24, 2.45) is 0 Å². The highest BCUT2D eigenvalue weighted by Gasteiger charge is 2.23. The Bertz CT molecular complexity index is 985. The third-order valence-corrected chi connectivity index (χ3v) is 6.15. The smallest absolute Gasteiger partial charge is 0.234 e. The molecule has 0 radical (unpaired) electrons. The summed E-state index contributed by atoms with van der Waals surface area (Å²) >= 11 is 3.35. The van der Waals surface area contributed by atoms with E-state index >= 15 is 0 Å². The number of fused-ring (bicyclic) bond motifs is 1. The number of nitrogens with one attached hydrogen (secondary N) is 1. The second-order valence-corrected chi connectivity index (χ2v) is 9.30. The van der Waals surface area contributed by atoms with Gasteiger partial charge in [-0.3, -0.25) is 4.79 Å². The molecule has 1 N–H and O–H groups in total. The van der Waals surface area contributed by atoms with E-state index in [4.69, 9.17) is 0 Å². The average Bonchev–Trinajstić information content (AvgIpc) is 2.68. The second kappa shape index (κ2) is 9.03. The van der Waals surface area contributed by atoms with Crippen LogP contribution in [0.15, 0.2) is 52.3 Å². The Hall–Kier alpha value is -1.96. The number of carbonyl (C=O) groups excluding carboxylic acids is 1. The first kappa shape index (κ1) is 20.8. The molecule has 0 atom stereocenters. The van der Waals surface area contributed by atoms with Crippen molar-refractivity contribution < 1.29 is 13.2 Å². The van der Waals surface area contributed by atoms with Crippen LogP contribution in [0.2, 0.25) is 0 Å². The van der Waals surface area contributed by atoms with Crippen LogP contribution in [-0.2, 0) is 27.8 Å². The quantitative estimate of drug-likeness (QED) is 0.669. The first-order valence-electron chi connectivity index (χ1n) is 9.23. The number of sulfonamides is 1. The number of benzene rings is 2. The zero-order chi connectivity index (χ0) is 20.1. The molecular weight excluding hydrogens is 440 g/mol. The van der Waals surface area contributed by atoms with Gasteiger partial charge in [0, 0.05) is 35.1 Å². The maximum absolute atomic E-state index is 12.3. The lowest BCUT2D eigenvalue weighted by Crippen LogP contribution is -2.35. The molecule has 1 aliphatic heterocycles. The molecule has 3 rings (SSSR count). The standard InChI is InChI=1S/C21H23BrN2O3S/c1-2-12-24-20-9-5-17(14-18(20)6-10-21(24)25)15-23-28(26,27)13-11-16-3-7-19(22)8-4-16/h3-5,7-9,11,13-14,23H,2,6,10,12,15H2,1H3. The minimum absolute atomic E-state index is 0.154. The number of amides is 1. The molecule has 0 unspecified atom stereocenters. The molecule has 5 nitrogen and oxygen atoms in total. The van der Waals surface area contributed by atoms with Gasteiger partial charge in [-0.25, -0.2) is 13.1 Å². The summed E-state index contributed by atoms with van der Waals surface area (Å²) in [5, 5.41) is 1.18. The van der Waals surface area contributed by atoms with Crippen molar-refractivity contribution >= 4 is 43.6 Å². The van der Waals surface area contributed by atoms with Crippen LogP contribution in [0.4, 0.5) is 5.69 Å². The summed E-state index contributed by atoms with van der Waals surface area (Å²) in [6.07, 6.45) is 3.66. The van der Waals surface area contributed by atoms with Crippen LogP contribution < -0.4 is 9.62 Å². The zero-order valence-corrected chi connectivity index (χ0v) is 18.1. The van der Waals surface area contributed by atoms with Crippen LogP contribution in [0.3, 0.4) is 0 Å². The minimum atomic E-state index is -3.54. The number of anilines is 1. The summed E-state index contributed by atoms with van der Waals surface area (Å²) in [4.78, 5) is 13.9. The van der Waals surface area contributed by atoms with Crippen molar-refractivity contribution in [3.8, 4) is 0 Å². The molecule has 1 heterocycles. The summed E-state index contributed by atoms with van der Waals surface area (Å²) in [5.74, 6) is 0.154. The van der Waals surface area contributed by atoms with E-state index in [1.807, 2.05) is 54.3 Å². The first-order valence-corrected chi connectivity index (χ1v) is 11.6. The van der Waals surface area contributed by atoms with E-state index in [0.29, 0.717) is 19.4 Å². The molecule has 1 aliphatic rings. The molecule has 0 bridgehead atoms. The van der Waals surface area contributed by atoms with Gasteiger partial charge in [0.15, 0.2) is 0 Å². The highest BCUT2D eigenvalue weighted by atomic mass is 79.9. The van der Waals surface area contributed by atoms with Crippen LogP contribution in [0.5, 0.6) is 0 Å². The van der Waals surface area contributed by atoms with E-state index < -0.39 is 10.0 Å². The second-order valence-electron chi connectivity index (χ2n) is 6.73. The molecule has 0 fully saturated rings. The van der Waals surface area contributed by atoms with Crippen LogP contribution in [0.25, 0.3) is 6.08 Å². The first-order chi connectivity index (χ1) is 13.4. The topological polar surface area (TPSA) is 66.5 Å². The van der Waals surface area contributed by atoms with E-state index in [1.54, 1.807) is 6.08 Å². The van der Waals surface area contributed by atoms with Crippen molar-refractivity contribution in [2.45, 2.75) is 32.7 Å². The fourth-order valence-electron chi connectivity index (χ4n) is 3.17. The number of nitrogens with zero attached hydrogens (tertiary/aromatic N) is 1. The maximum Gasteiger partial charge on any atom is 0.234 e. The van der Waals surface area contributed by atoms with Crippen molar-refractivity contribution in [3.05, 3.63) is 69.0 Å². The highest BCUT2D eigenvalue weighted by molar-refractivity contribution is 9.10. The van der Waals surface area contributed by atoms with Gasteiger partial charge in [-0.1, -0.05) is 47.1 Å². The van der Waals surface area contributed by atoms with Crippen molar-refractivity contribution in [2.75, 3.05) is 11.4 Å². The third-order valence-electron chi connectivity index (χ3n) is 4.58. The van der Waals surface area contributed by atoms with Crippen molar-refractivity contribution in [1.29, 1.82) is 0 Å². The lowest BCUT2D eigenvalue weighted by Gasteiger charge is -2.29. The fraction of sp³-hybridized carbons (Fsp3) is 0.286. The molecule has 1 amide bonds. The van der Waals surface area contributed by atoms with E-state index in [-0.39, 0.29) is 12.5 Å². The molecule has 0 aliphatic carbocycles. The normalized spacial score (nSPS) is 14.5. The predicted molar refractivity (Wildman–Crippen MR) is 116 cm³/mol. The Morgan fingerprint density at radius 3 is 2.61 bits per heavy atom. The predicted octanol–water partition coefficient (Wildman–Crippen LogP) is 4.23. The van der Waals surface area contributed by atoms with Gasteiger partial charge >= 0.3 is 0 Å². The van der Waals surface area contributed by atoms with Crippen LogP contribution in [0.1, 0.15) is 36.5 Å². The maximum atomic E-state index is 12.3. The molecule has 2 aromatic rings. The van der Waals surface area contributed by atoms with Crippen molar-refractivity contribution in [1.82, 2.24) is 4.72 Å². The summed E-state index contributed by atoms with van der Waals surface area (Å²) in [5.41, 5.74) is 3.73. The molecule has 0 spiro atoms. The van der Waals surface area contributed by atoms with E-state index in [2.05, 4.69) is 20.7 Å². The molecule has 0 saturated heterocycles. The Balaban J connectivity index is 1.67. The molecule has 0 saturated carbocycles. The van der Waals surface area contributed by atoms with Crippen LogP contribution in [0, 0.1) is 0 Å². The van der Waals surface area contributed by atoms with Gasteiger partial charge in [0.2, 0.25) is 15.9 Å². The van der Waals surface area contributed by atoms with E-state index in [9.17, 15) is 13.2 Å². The zero-order valence-electron chi connectivity index (χ0n) is 15.7. The minimum Gasteiger partial charge on any atom is -0.312 e. The Morgan fingerprint density at radius 2 is 1.89 bits per heavy atom. The molecule has 148 valence electrons. The summed E-state index contributed by atoms with van der Waals surface area (Å²) in [6, 6.07) is 13.2. The van der Waals surface area contributed by atoms with Gasteiger partial charge in [0.1, 0.15) is 0 Å². The Morgan fingerprint density at radius 1 is 1.14 bits per heavy atom. The summed E-state index contributed by atoms with van der Waals surface area (Å²) in [6.45, 7) is 2.97. The molecule has 0 aromatic heterocycles. The van der Waals surface area contributed by atoms with Gasteiger partial charge in [0.05, 0.1) is 0 Å². The lowest BCUT2D eigenvalue weighted by molar-refractivity contribution is -0.118. The fourth-order valence-corrected chi connectivity index (χ4v) is 4.23. The summed E-state index contributed by atoms with van der Waals surface area (Å²) in [7, 11) is -3.54. The number of rotatable bonds is 7. The third kappa shape index (κ3) is 5.31. The monoisotopic (exact) mass is 462 g/mol. The van der Waals surface area contributed by atoms with E-state index in [0.717, 1.165) is 33.3 Å². The van der Waals surface area contributed by atoms with Gasteiger partial charge in [0.25, 0.3) is 0 Å². The van der Waals surface area contributed by atoms with Crippen molar-refractivity contribution in [3.63, 3.8) is 0 Å². The number of aryl methyl sites for hydroxylation is 1. The molecule has 28 heavy (non-hydrogen) atoms. The number of hydrogen-bond acceptors (Lipinski definition) is 3. The van der Waals surface area contributed by atoms with Crippen LogP contribution in [-0.4, -0.2) is 20.9 Å². The largest absolute Gasteiger partial charge is 0.312 e. The highest BCUT2D eigenvalue weighted by Crippen LogP contribution is 2.29. The molecule has 2 aromatic carbocycles. The van der Waals surface area contributed by atoms with Crippen LogP contribution >= 0.6 is 15.9 Å². The number of carbonyl (C=O) groups is 1. The number of hydrogen-bond donors (Lipinski definition) is 1. The number of halogens is 1. The van der Waals surface area contributed by atoms with Gasteiger partial charge in [-0.2, -0.15) is 0 Å². The summed E-state index contributed by atoms with van der Waals surface area (Å²) < 4.78 is 28.1. The van der Waals surface area contributed by atoms with E-state index in [1.165, 1.54) is 5.41 Å². The molecule has 7 heteroatoms. The Kier molecular flexibility index (Phi) is 6.69. The SMILES string of the molecule is CCCN1C(=O)CCc2cc(CNS(=O)(=O)C=Cc3ccc(Br)cc3)ccc21. The van der Waals surface area contributed by atoms with Gasteiger partial charge < -0.3 is 4.90 Å². The Labute approximate surface area is 174 Å².